The number of hydrogen-bond donors (Lipinski definition) is 3. The van der Waals surface area contributed by atoms with Gasteiger partial charge in [0.15, 0.2) is 0 Å². The second-order valence-corrected chi connectivity index (χ2v) is 6.31. The second-order valence-electron chi connectivity index (χ2n) is 6.31. The zero-order valence-electron chi connectivity index (χ0n) is 15.0. The fraction of sp³-hybridized carbons (Fsp3) is 0.579. The highest BCUT2D eigenvalue weighted by Crippen LogP contribution is 2.17. The number of ether oxygens (including phenoxy) is 1. The zero-order valence-corrected chi connectivity index (χ0v) is 15.0. The van der Waals surface area contributed by atoms with Crippen molar-refractivity contribution in [1.82, 2.24) is 16.0 Å². The van der Waals surface area contributed by atoms with Gasteiger partial charge in [0.1, 0.15) is 5.75 Å². The van der Waals surface area contributed by atoms with E-state index in [9.17, 15) is 9.59 Å². The first-order chi connectivity index (χ1) is 12.2. The third kappa shape index (κ3) is 6.74. The van der Waals surface area contributed by atoms with Crippen LogP contribution in [0.5, 0.6) is 5.75 Å². The van der Waals surface area contributed by atoms with Crippen LogP contribution < -0.4 is 20.7 Å². The van der Waals surface area contributed by atoms with Crippen LogP contribution >= 0.6 is 0 Å². The maximum Gasteiger partial charge on any atom is 0.255 e. The van der Waals surface area contributed by atoms with Gasteiger partial charge in [-0.3, -0.25) is 9.59 Å². The predicted octanol–water partition coefficient (Wildman–Crippen LogP) is 1.71. The number of benzene rings is 1. The molecule has 1 heterocycles. The van der Waals surface area contributed by atoms with Crippen molar-refractivity contribution in [2.24, 2.45) is 5.92 Å². The summed E-state index contributed by atoms with van der Waals surface area (Å²) in [6.45, 7) is 5.67. The molecule has 2 amide bonds. The molecule has 25 heavy (non-hydrogen) atoms. The van der Waals surface area contributed by atoms with Gasteiger partial charge in [0.25, 0.3) is 5.91 Å². The van der Waals surface area contributed by atoms with Crippen LogP contribution in [-0.4, -0.2) is 44.6 Å². The molecule has 1 aromatic carbocycles. The van der Waals surface area contributed by atoms with Gasteiger partial charge in [0.2, 0.25) is 5.91 Å². The lowest BCUT2D eigenvalue weighted by Gasteiger charge is -2.22. The number of rotatable bonds is 9. The third-order valence-electron chi connectivity index (χ3n) is 4.28. The van der Waals surface area contributed by atoms with Gasteiger partial charge in [0.05, 0.1) is 12.2 Å². The highest BCUT2D eigenvalue weighted by molar-refractivity contribution is 5.96. The maximum absolute atomic E-state index is 12.2. The molecule has 6 nitrogen and oxygen atoms in total. The topological polar surface area (TPSA) is 79.5 Å². The molecule has 1 saturated heterocycles. The minimum absolute atomic E-state index is 0.0505. The molecule has 6 heteroatoms. The molecule has 1 fully saturated rings. The van der Waals surface area contributed by atoms with Gasteiger partial charge in [-0.25, -0.2) is 0 Å². The molecule has 0 saturated carbocycles. The van der Waals surface area contributed by atoms with Crippen LogP contribution in [0.1, 0.15) is 43.0 Å². The summed E-state index contributed by atoms with van der Waals surface area (Å²) in [4.78, 5) is 24.1. The molecule has 1 aromatic rings. The van der Waals surface area contributed by atoms with Gasteiger partial charge < -0.3 is 20.7 Å². The minimum Gasteiger partial charge on any atom is -0.493 e. The van der Waals surface area contributed by atoms with Gasteiger partial charge in [-0.1, -0.05) is 12.1 Å². The number of piperidine rings is 1. The highest BCUT2D eigenvalue weighted by atomic mass is 16.5. The van der Waals surface area contributed by atoms with Crippen molar-refractivity contribution in [3.8, 4) is 5.75 Å². The Morgan fingerprint density at radius 3 is 2.88 bits per heavy atom. The van der Waals surface area contributed by atoms with E-state index >= 15 is 0 Å². The molecule has 3 N–H and O–H groups in total. The van der Waals surface area contributed by atoms with Crippen molar-refractivity contribution in [2.75, 3.05) is 32.8 Å². The average Bonchev–Trinajstić information content (AvgIpc) is 2.65. The summed E-state index contributed by atoms with van der Waals surface area (Å²) in [5, 5.41) is 9.18. The number of para-hydroxylation sites is 1. The lowest BCUT2D eigenvalue weighted by Crippen LogP contribution is -2.38. The first-order valence-electron chi connectivity index (χ1n) is 9.18. The molecule has 0 radical (unpaired) electrons. The summed E-state index contributed by atoms with van der Waals surface area (Å²) in [6, 6.07) is 7.18. The van der Waals surface area contributed by atoms with E-state index in [2.05, 4.69) is 16.0 Å². The van der Waals surface area contributed by atoms with Gasteiger partial charge in [-0.05, 0) is 57.3 Å². The van der Waals surface area contributed by atoms with E-state index in [1.165, 1.54) is 12.8 Å². The Morgan fingerprint density at radius 2 is 2.12 bits per heavy atom. The summed E-state index contributed by atoms with van der Waals surface area (Å²) in [7, 11) is 0. The van der Waals surface area contributed by atoms with Crippen LogP contribution in [0.15, 0.2) is 24.3 Å². The Morgan fingerprint density at radius 1 is 1.28 bits per heavy atom. The molecule has 1 unspecified atom stereocenters. The smallest absolute Gasteiger partial charge is 0.255 e. The van der Waals surface area contributed by atoms with Crippen LogP contribution in [0.2, 0.25) is 0 Å². The van der Waals surface area contributed by atoms with Crippen molar-refractivity contribution in [1.29, 1.82) is 0 Å². The predicted molar refractivity (Wildman–Crippen MR) is 97.8 cm³/mol. The monoisotopic (exact) mass is 347 g/mol. The number of carbonyl (C=O) groups is 2. The van der Waals surface area contributed by atoms with E-state index in [0.717, 1.165) is 19.6 Å². The van der Waals surface area contributed by atoms with E-state index in [1.807, 2.05) is 19.1 Å². The summed E-state index contributed by atoms with van der Waals surface area (Å²) >= 11 is 0. The second kappa shape index (κ2) is 10.7. The average molecular weight is 347 g/mol. The Balaban J connectivity index is 1.63. The van der Waals surface area contributed by atoms with Crippen molar-refractivity contribution in [3.05, 3.63) is 29.8 Å². The van der Waals surface area contributed by atoms with Crippen LogP contribution in [0, 0.1) is 5.92 Å². The Labute approximate surface area is 149 Å². The van der Waals surface area contributed by atoms with Crippen molar-refractivity contribution < 1.29 is 14.3 Å². The molecule has 0 spiro atoms. The number of carbonyl (C=O) groups excluding carboxylic acids is 2. The van der Waals surface area contributed by atoms with Crippen molar-refractivity contribution in [2.45, 2.75) is 32.6 Å². The molecule has 1 atom stereocenters. The van der Waals surface area contributed by atoms with E-state index in [1.54, 1.807) is 12.1 Å². The number of hydrogen-bond acceptors (Lipinski definition) is 4. The highest BCUT2D eigenvalue weighted by Gasteiger charge is 2.14. The maximum atomic E-state index is 12.2. The molecule has 0 bridgehead atoms. The Hall–Kier alpha value is -2.08. The summed E-state index contributed by atoms with van der Waals surface area (Å²) in [6.07, 6.45) is 3.39. The minimum atomic E-state index is -0.169. The van der Waals surface area contributed by atoms with Gasteiger partial charge >= 0.3 is 0 Å². The lowest BCUT2D eigenvalue weighted by molar-refractivity contribution is -0.121. The zero-order chi connectivity index (χ0) is 17.9. The van der Waals surface area contributed by atoms with Gasteiger partial charge in [-0.15, -0.1) is 0 Å². The van der Waals surface area contributed by atoms with Gasteiger partial charge in [-0.2, -0.15) is 0 Å². The number of nitrogens with one attached hydrogen (secondary N) is 3. The molecule has 138 valence electrons. The fourth-order valence-corrected chi connectivity index (χ4v) is 2.93. The lowest BCUT2D eigenvalue weighted by atomic mass is 10.00. The quantitative estimate of drug-likeness (QED) is 0.594. The Kier molecular flexibility index (Phi) is 8.25. The fourth-order valence-electron chi connectivity index (χ4n) is 2.93. The molecule has 2 rings (SSSR count). The summed E-state index contributed by atoms with van der Waals surface area (Å²) < 4.78 is 5.46. The molecule has 0 aromatic heterocycles. The Bertz CT molecular complexity index is 557. The van der Waals surface area contributed by atoms with Crippen LogP contribution in [0.3, 0.4) is 0 Å². The summed E-state index contributed by atoms with van der Waals surface area (Å²) in [5.41, 5.74) is 0.526. The SMILES string of the molecule is CCOc1ccccc1C(=O)NCCCC(=O)NCC1CCCNC1. The molecular weight excluding hydrogens is 318 g/mol. The van der Waals surface area contributed by atoms with Crippen LogP contribution in [-0.2, 0) is 4.79 Å². The molecular formula is C19H29N3O3. The summed E-state index contributed by atoms with van der Waals surface area (Å²) in [5.74, 6) is 1.00. The standard InChI is InChI=1S/C19H29N3O3/c1-2-25-17-9-4-3-8-16(17)19(24)21-12-6-10-18(23)22-14-15-7-5-11-20-13-15/h3-4,8-9,15,20H,2,5-7,10-14H2,1H3,(H,21,24)(H,22,23). The molecule has 1 aliphatic rings. The van der Waals surface area contributed by atoms with Crippen LogP contribution in [0.4, 0.5) is 0 Å². The van der Waals surface area contributed by atoms with E-state index in [4.69, 9.17) is 4.74 Å². The van der Waals surface area contributed by atoms with Gasteiger partial charge in [0, 0.05) is 19.5 Å². The first-order valence-corrected chi connectivity index (χ1v) is 9.18. The van der Waals surface area contributed by atoms with Crippen molar-refractivity contribution in [3.63, 3.8) is 0 Å². The molecule has 1 aliphatic heterocycles. The van der Waals surface area contributed by atoms with Crippen molar-refractivity contribution >= 4 is 11.8 Å². The van der Waals surface area contributed by atoms with E-state index < -0.39 is 0 Å². The first kappa shape index (κ1) is 19.2. The third-order valence-corrected chi connectivity index (χ3v) is 4.28. The number of amides is 2. The molecule has 0 aliphatic carbocycles. The van der Waals surface area contributed by atoms with E-state index in [-0.39, 0.29) is 11.8 Å². The normalized spacial score (nSPS) is 16.9. The van der Waals surface area contributed by atoms with E-state index in [0.29, 0.717) is 43.2 Å². The van der Waals surface area contributed by atoms with Crippen LogP contribution in [0.25, 0.3) is 0 Å². The largest absolute Gasteiger partial charge is 0.493 e.